The van der Waals surface area contributed by atoms with E-state index >= 15 is 0 Å². The molecule has 3 rings (SSSR count). The topological polar surface area (TPSA) is 58.6 Å². The number of hydrogen-bond acceptors (Lipinski definition) is 4. The maximum absolute atomic E-state index is 12.3. The molecule has 0 aliphatic carbocycles. The lowest BCUT2D eigenvalue weighted by Crippen LogP contribution is -2.41. The summed E-state index contributed by atoms with van der Waals surface area (Å²) in [5.74, 6) is 2.01. The number of carbonyl (C=O) groups excluding carboxylic acids is 2. The summed E-state index contributed by atoms with van der Waals surface area (Å²) in [6.07, 6.45) is 0.263. The van der Waals surface area contributed by atoms with Crippen molar-refractivity contribution in [3.8, 4) is 5.75 Å². The molecule has 2 aromatic rings. The fourth-order valence-corrected chi connectivity index (χ4v) is 3.67. The standard InChI is InChI=1S/C20H21ClN2O3S/c21-16-7-5-15(6-8-16)14-27-12-10-22-19(24)13-23-17-3-1-2-4-18(17)26-11-9-20(23)25/h1-8H,9-14H2,(H,22,24). The van der Waals surface area contributed by atoms with Crippen LogP contribution >= 0.6 is 23.4 Å². The summed E-state index contributed by atoms with van der Waals surface area (Å²) in [5, 5.41) is 3.61. The van der Waals surface area contributed by atoms with E-state index in [0.29, 0.717) is 24.6 Å². The van der Waals surface area contributed by atoms with Gasteiger partial charge in [-0.15, -0.1) is 0 Å². The van der Waals surface area contributed by atoms with Crippen LogP contribution in [-0.4, -0.2) is 37.3 Å². The minimum atomic E-state index is -0.174. The zero-order chi connectivity index (χ0) is 19.1. The Kier molecular flexibility index (Phi) is 7.01. The van der Waals surface area contributed by atoms with E-state index in [0.717, 1.165) is 16.5 Å². The van der Waals surface area contributed by atoms with Gasteiger partial charge < -0.3 is 10.1 Å². The van der Waals surface area contributed by atoms with E-state index in [4.69, 9.17) is 16.3 Å². The molecule has 0 saturated heterocycles. The third-order valence-electron chi connectivity index (χ3n) is 4.08. The molecule has 0 bridgehead atoms. The first-order valence-corrected chi connectivity index (χ1v) is 10.3. The third kappa shape index (κ3) is 5.65. The van der Waals surface area contributed by atoms with Crippen LogP contribution in [0, 0.1) is 0 Å². The van der Waals surface area contributed by atoms with Gasteiger partial charge in [0.05, 0.1) is 18.7 Å². The van der Waals surface area contributed by atoms with Crippen LogP contribution in [0.5, 0.6) is 5.75 Å². The molecule has 1 aliphatic rings. The Morgan fingerprint density at radius 1 is 1.19 bits per heavy atom. The number of nitrogens with one attached hydrogen (secondary N) is 1. The average molecular weight is 405 g/mol. The van der Waals surface area contributed by atoms with Crippen LogP contribution in [0.2, 0.25) is 5.02 Å². The van der Waals surface area contributed by atoms with Gasteiger partial charge in [0.1, 0.15) is 12.3 Å². The van der Waals surface area contributed by atoms with Crippen LogP contribution in [0.25, 0.3) is 0 Å². The van der Waals surface area contributed by atoms with Gasteiger partial charge in [0.15, 0.2) is 0 Å². The zero-order valence-electron chi connectivity index (χ0n) is 14.8. The maximum atomic E-state index is 12.3. The number of hydrogen-bond donors (Lipinski definition) is 1. The second kappa shape index (κ2) is 9.67. The smallest absolute Gasteiger partial charge is 0.240 e. The number of carbonyl (C=O) groups is 2. The van der Waals surface area contributed by atoms with Gasteiger partial charge in [-0.25, -0.2) is 0 Å². The van der Waals surface area contributed by atoms with Gasteiger partial charge in [-0.05, 0) is 29.8 Å². The molecule has 1 N–H and O–H groups in total. The van der Waals surface area contributed by atoms with Gasteiger partial charge in [0.25, 0.3) is 0 Å². The summed E-state index contributed by atoms with van der Waals surface area (Å²) < 4.78 is 5.59. The number of thioether (sulfide) groups is 1. The van der Waals surface area contributed by atoms with E-state index in [1.807, 2.05) is 42.5 Å². The Labute approximate surface area is 168 Å². The van der Waals surface area contributed by atoms with Gasteiger partial charge in [0.2, 0.25) is 11.8 Å². The van der Waals surface area contributed by atoms with Crippen LogP contribution < -0.4 is 15.0 Å². The third-order valence-corrected chi connectivity index (χ3v) is 5.37. The highest BCUT2D eigenvalue weighted by molar-refractivity contribution is 7.98. The highest BCUT2D eigenvalue weighted by Crippen LogP contribution is 2.30. The van der Waals surface area contributed by atoms with Crippen LogP contribution in [-0.2, 0) is 15.3 Å². The molecular formula is C20H21ClN2O3S. The minimum Gasteiger partial charge on any atom is -0.491 e. The Bertz CT molecular complexity index is 798. The summed E-state index contributed by atoms with van der Waals surface area (Å²) in [4.78, 5) is 26.1. The molecule has 0 atom stereocenters. The predicted molar refractivity (Wildman–Crippen MR) is 110 cm³/mol. The van der Waals surface area contributed by atoms with E-state index in [2.05, 4.69) is 5.32 Å². The number of nitrogens with zero attached hydrogens (tertiary/aromatic N) is 1. The molecule has 7 heteroatoms. The number of ether oxygens (including phenoxy) is 1. The van der Waals surface area contributed by atoms with Gasteiger partial charge in [0, 0.05) is 23.1 Å². The van der Waals surface area contributed by atoms with Crippen molar-refractivity contribution in [2.75, 3.05) is 30.3 Å². The molecule has 27 heavy (non-hydrogen) atoms. The molecule has 0 saturated carbocycles. The molecule has 1 heterocycles. The van der Waals surface area contributed by atoms with Crippen molar-refractivity contribution in [2.45, 2.75) is 12.2 Å². The van der Waals surface area contributed by atoms with E-state index in [1.54, 1.807) is 17.8 Å². The van der Waals surface area contributed by atoms with Crippen molar-refractivity contribution in [2.24, 2.45) is 0 Å². The Balaban J connectivity index is 1.45. The van der Waals surface area contributed by atoms with E-state index in [9.17, 15) is 9.59 Å². The maximum Gasteiger partial charge on any atom is 0.240 e. The lowest BCUT2D eigenvalue weighted by Gasteiger charge is -2.21. The first-order valence-electron chi connectivity index (χ1n) is 8.74. The number of amides is 2. The van der Waals surface area contributed by atoms with Crippen molar-refractivity contribution >= 4 is 40.9 Å². The van der Waals surface area contributed by atoms with Crippen LogP contribution in [0.1, 0.15) is 12.0 Å². The number of para-hydroxylation sites is 2. The van der Waals surface area contributed by atoms with Crippen molar-refractivity contribution in [3.05, 3.63) is 59.1 Å². The molecule has 0 unspecified atom stereocenters. The molecular weight excluding hydrogens is 384 g/mol. The number of anilines is 1. The summed E-state index contributed by atoms with van der Waals surface area (Å²) >= 11 is 7.61. The van der Waals surface area contributed by atoms with Gasteiger partial charge in [-0.3, -0.25) is 14.5 Å². The molecule has 142 valence electrons. The first kappa shape index (κ1) is 19.6. The van der Waals surface area contributed by atoms with E-state index < -0.39 is 0 Å². The number of benzene rings is 2. The molecule has 0 radical (unpaired) electrons. The fourth-order valence-electron chi connectivity index (χ4n) is 2.73. The largest absolute Gasteiger partial charge is 0.491 e. The van der Waals surface area contributed by atoms with Gasteiger partial charge in [-0.1, -0.05) is 35.9 Å². The Morgan fingerprint density at radius 2 is 1.96 bits per heavy atom. The highest BCUT2D eigenvalue weighted by atomic mass is 35.5. The monoisotopic (exact) mass is 404 g/mol. The van der Waals surface area contributed by atoms with E-state index in [1.165, 1.54) is 10.5 Å². The normalized spacial score (nSPS) is 13.5. The minimum absolute atomic E-state index is 0.00105. The first-order chi connectivity index (χ1) is 13.1. The van der Waals surface area contributed by atoms with Gasteiger partial charge >= 0.3 is 0 Å². The molecule has 0 aromatic heterocycles. The van der Waals surface area contributed by atoms with Crippen LogP contribution in [0.4, 0.5) is 5.69 Å². The quantitative estimate of drug-likeness (QED) is 0.717. The van der Waals surface area contributed by atoms with Gasteiger partial charge in [-0.2, -0.15) is 11.8 Å². The molecule has 2 aromatic carbocycles. The highest BCUT2D eigenvalue weighted by Gasteiger charge is 2.24. The SMILES string of the molecule is O=C(CN1C(=O)CCOc2ccccc21)NCCSCc1ccc(Cl)cc1. The van der Waals surface area contributed by atoms with Crippen molar-refractivity contribution in [1.29, 1.82) is 0 Å². The van der Waals surface area contributed by atoms with Crippen LogP contribution in [0.15, 0.2) is 48.5 Å². The van der Waals surface area contributed by atoms with Crippen LogP contribution in [0.3, 0.4) is 0 Å². The Hall–Kier alpha value is -2.18. The number of rotatable bonds is 7. The van der Waals surface area contributed by atoms with Crippen molar-refractivity contribution < 1.29 is 14.3 Å². The molecule has 5 nitrogen and oxygen atoms in total. The summed E-state index contributed by atoms with van der Waals surface area (Å²) in [6, 6.07) is 15.0. The van der Waals surface area contributed by atoms with Crippen molar-refractivity contribution in [3.63, 3.8) is 0 Å². The van der Waals surface area contributed by atoms with Crippen molar-refractivity contribution in [1.82, 2.24) is 5.32 Å². The lowest BCUT2D eigenvalue weighted by atomic mass is 10.2. The summed E-state index contributed by atoms with van der Waals surface area (Å²) in [5.41, 5.74) is 1.84. The molecule has 1 aliphatic heterocycles. The fraction of sp³-hybridized carbons (Fsp3) is 0.300. The average Bonchev–Trinajstić information content (AvgIpc) is 2.82. The zero-order valence-corrected chi connectivity index (χ0v) is 16.4. The second-order valence-corrected chi connectivity index (χ2v) is 7.62. The molecule has 2 amide bonds. The Morgan fingerprint density at radius 3 is 2.78 bits per heavy atom. The lowest BCUT2D eigenvalue weighted by molar-refractivity contribution is -0.123. The molecule has 0 spiro atoms. The summed E-state index contributed by atoms with van der Waals surface area (Å²) in [7, 11) is 0. The molecule has 0 fully saturated rings. The van der Waals surface area contributed by atoms with E-state index in [-0.39, 0.29) is 24.8 Å². The number of halogens is 1. The second-order valence-electron chi connectivity index (χ2n) is 6.08. The summed E-state index contributed by atoms with van der Waals surface area (Å²) in [6.45, 7) is 0.883. The predicted octanol–water partition coefficient (Wildman–Crippen LogP) is 3.51. The number of fused-ring (bicyclic) bond motifs is 1.